The van der Waals surface area contributed by atoms with Crippen LogP contribution in [-0.4, -0.2) is 28.9 Å². The van der Waals surface area contributed by atoms with Crippen LogP contribution in [0.4, 0.5) is 0 Å². The van der Waals surface area contributed by atoms with Crippen molar-refractivity contribution in [1.82, 2.24) is 0 Å². The molecule has 0 spiro atoms. The lowest BCUT2D eigenvalue weighted by Crippen LogP contribution is -2.21. The van der Waals surface area contributed by atoms with E-state index in [0.29, 0.717) is 0 Å². The first-order valence-corrected chi connectivity index (χ1v) is 8.70. The van der Waals surface area contributed by atoms with Crippen LogP contribution in [0.2, 0.25) is 6.04 Å². The Bertz CT molecular complexity index is 277. The van der Waals surface area contributed by atoms with E-state index in [0.717, 1.165) is 32.3 Å². The lowest BCUT2D eigenvalue weighted by Gasteiger charge is -2.14. The van der Waals surface area contributed by atoms with E-state index in [-0.39, 0.29) is 0 Å². The van der Waals surface area contributed by atoms with Gasteiger partial charge in [0.25, 0.3) is 0 Å². The van der Waals surface area contributed by atoms with Crippen molar-refractivity contribution in [2.45, 2.75) is 32.4 Å². The molecule has 1 atom stereocenters. The minimum absolute atomic E-state index is 0.804. The molecule has 2 nitrogen and oxygen atoms in total. The third-order valence-corrected chi connectivity index (χ3v) is 5.30. The Labute approximate surface area is 107 Å². The van der Waals surface area contributed by atoms with E-state index in [9.17, 15) is 0 Å². The van der Waals surface area contributed by atoms with Crippen LogP contribution in [0.5, 0.6) is 0 Å². The highest BCUT2D eigenvalue weighted by Gasteiger charge is 2.09. The third-order valence-electron chi connectivity index (χ3n) is 2.75. The maximum absolute atomic E-state index is 6.00. The van der Waals surface area contributed by atoms with Gasteiger partial charge in [-0.25, -0.2) is 0 Å². The van der Waals surface area contributed by atoms with Gasteiger partial charge >= 0.3 is 0 Å². The molecule has 1 aromatic rings. The molecule has 1 rings (SSSR count). The molecule has 0 aromatic heterocycles. The molecule has 0 saturated carbocycles. The van der Waals surface area contributed by atoms with Gasteiger partial charge in [-0.2, -0.15) is 0 Å². The quantitative estimate of drug-likeness (QED) is 0.497. The molecule has 0 fully saturated rings. The summed E-state index contributed by atoms with van der Waals surface area (Å²) in [4.78, 5) is 0. The zero-order chi connectivity index (χ0) is 12.3. The normalized spacial score (nSPS) is 12.6. The minimum Gasteiger partial charge on any atom is -0.420 e. The van der Waals surface area contributed by atoms with Crippen LogP contribution in [0.25, 0.3) is 0 Å². The van der Waals surface area contributed by atoms with Crippen LogP contribution in [0.1, 0.15) is 25.8 Å². The van der Waals surface area contributed by atoms with Gasteiger partial charge in [-0.15, -0.1) is 0 Å². The first-order chi connectivity index (χ1) is 8.36. The molecule has 0 amide bonds. The zero-order valence-corrected chi connectivity index (χ0v) is 12.2. The standard InChI is InChI=1S/C14H24O2Si/c1-3-15-11-8-12-16-17(4-2)13-14-9-6-5-7-10-14/h5-7,9-10,17H,3-4,8,11-13H2,1-2H3. The SMILES string of the molecule is CCOCCCO[SiH](CC)Cc1ccccc1. The summed E-state index contributed by atoms with van der Waals surface area (Å²) in [6.07, 6.45) is 1.02. The minimum atomic E-state index is -1.05. The Hall–Kier alpha value is -0.643. The maximum Gasteiger partial charge on any atom is 0.180 e. The van der Waals surface area contributed by atoms with Gasteiger partial charge in [-0.05, 0) is 31.0 Å². The van der Waals surface area contributed by atoms with Crippen LogP contribution >= 0.6 is 0 Å². The molecule has 96 valence electrons. The van der Waals surface area contributed by atoms with Crippen molar-refractivity contribution in [2.75, 3.05) is 19.8 Å². The molecule has 1 aromatic carbocycles. The smallest absolute Gasteiger partial charge is 0.180 e. The number of rotatable bonds is 9. The molecule has 0 bridgehead atoms. The van der Waals surface area contributed by atoms with E-state index in [1.54, 1.807) is 0 Å². The van der Waals surface area contributed by atoms with Crippen LogP contribution in [0.15, 0.2) is 30.3 Å². The highest BCUT2D eigenvalue weighted by Crippen LogP contribution is 2.06. The largest absolute Gasteiger partial charge is 0.420 e. The Balaban J connectivity index is 2.20. The predicted octanol–water partition coefficient (Wildman–Crippen LogP) is 2.96. The van der Waals surface area contributed by atoms with Gasteiger partial charge in [0.15, 0.2) is 9.04 Å². The molecular formula is C14H24O2Si. The Kier molecular flexibility index (Phi) is 7.97. The summed E-state index contributed by atoms with van der Waals surface area (Å²) in [5.74, 6) is 0. The summed E-state index contributed by atoms with van der Waals surface area (Å²) in [7, 11) is -1.05. The fourth-order valence-electron chi connectivity index (χ4n) is 1.75. The fraction of sp³-hybridized carbons (Fsp3) is 0.571. The van der Waals surface area contributed by atoms with Crippen molar-refractivity contribution in [1.29, 1.82) is 0 Å². The molecule has 0 heterocycles. The molecule has 0 saturated heterocycles. The van der Waals surface area contributed by atoms with E-state index in [1.165, 1.54) is 11.6 Å². The van der Waals surface area contributed by atoms with E-state index < -0.39 is 9.04 Å². The number of hydrogen-bond donors (Lipinski definition) is 0. The Morgan fingerprint density at radius 1 is 1.06 bits per heavy atom. The molecule has 0 aliphatic heterocycles. The van der Waals surface area contributed by atoms with E-state index in [1.807, 2.05) is 6.92 Å². The van der Waals surface area contributed by atoms with E-state index in [2.05, 4.69) is 37.3 Å². The van der Waals surface area contributed by atoms with Crippen LogP contribution < -0.4 is 0 Å². The first-order valence-electron chi connectivity index (χ1n) is 6.60. The number of ether oxygens (including phenoxy) is 1. The van der Waals surface area contributed by atoms with Crippen LogP contribution in [0, 0.1) is 0 Å². The molecule has 0 aliphatic rings. The van der Waals surface area contributed by atoms with E-state index in [4.69, 9.17) is 9.16 Å². The number of hydrogen-bond acceptors (Lipinski definition) is 2. The molecule has 17 heavy (non-hydrogen) atoms. The van der Waals surface area contributed by atoms with Gasteiger partial charge in [-0.1, -0.05) is 37.3 Å². The highest BCUT2D eigenvalue weighted by molar-refractivity contribution is 6.51. The van der Waals surface area contributed by atoms with Gasteiger partial charge in [0.2, 0.25) is 0 Å². The van der Waals surface area contributed by atoms with Gasteiger partial charge < -0.3 is 9.16 Å². The molecule has 0 aliphatic carbocycles. The second-order valence-electron chi connectivity index (χ2n) is 4.14. The monoisotopic (exact) mass is 252 g/mol. The molecular weight excluding hydrogens is 228 g/mol. The lowest BCUT2D eigenvalue weighted by atomic mass is 10.2. The summed E-state index contributed by atoms with van der Waals surface area (Å²) in [6, 6.07) is 13.0. The van der Waals surface area contributed by atoms with Crippen molar-refractivity contribution in [3.05, 3.63) is 35.9 Å². The van der Waals surface area contributed by atoms with Crippen molar-refractivity contribution < 1.29 is 9.16 Å². The van der Waals surface area contributed by atoms with Gasteiger partial charge in [-0.3, -0.25) is 0 Å². The summed E-state index contributed by atoms with van der Waals surface area (Å²) in [5.41, 5.74) is 1.41. The Morgan fingerprint density at radius 3 is 2.47 bits per heavy atom. The second-order valence-corrected chi connectivity index (χ2v) is 6.94. The van der Waals surface area contributed by atoms with Crippen LogP contribution in [0.3, 0.4) is 0 Å². The number of benzene rings is 1. The van der Waals surface area contributed by atoms with Crippen molar-refractivity contribution >= 4 is 9.04 Å². The Morgan fingerprint density at radius 2 is 1.82 bits per heavy atom. The molecule has 0 N–H and O–H groups in total. The second kappa shape index (κ2) is 9.39. The average molecular weight is 252 g/mol. The molecule has 0 radical (unpaired) electrons. The lowest BCUT2D eigenvalue weighted by molar-refractivity contribution is 0.130. The first kappa shape index (κ1) is 14.4. The average Bonchev–Trinajstić information content (AvgIpc) is 2.38. The summed E-state index contributed by atoms with van der Waals surface area (Å²) < 4.78 is 11.3. The maximum atomic E-state index is 6.00. The third kappa shape index (κ3) is 6.61. The van der Waals surface area contributed by atoms with Gasteiger partial charge in [0, 0.05) is 19.8 Å². The fourth-order valence-corrected chi connectivity index (χ4v) is 3.69. The molecule has 3 heteroatoms. The molecule has 1 unspecified atom stereocenters. The van der Waals surface area contributed by atoms with E-state index >= 15 is 0 Å². The van der Waals surface area contributed by atoms with Crippen molar-refractivity contribution in [3.8, 4) is 0 Å². The summed E-state index contributed by atoms with van der Waals surface area (Å²) in [6.45, 7) is 6.76. The summed E-state index contributed by atoms with van der Waals surface area (Å²) in [5, 5.41) is 0. The van der Waals surface area contributed by atoms with Crippen LogP contribution in [-0.2, 0) is 15.2 Å². The summed E-state index contributed by atoms with van der Waals surface area (Å²) >= 11 is 0. The van der Waals surface area contributed by atoms with Gasteiger partial charge in [0.1, 0.15) is 0 Å². The predicted molar refractivity (Wildman–Crippen MR) is 74.8 cm³/mol. The van der Waals surface area contributed by atoms with Crippen molar-refractivity contribution in [3.63, 3.8) is 0 Å². The van der Waals surface area contributed by atoms with Crippen molar-refractivity contribution in [2.24, 2.45) is 0 Å². The highest BCUT2D eigenvalue weighted by atomic mass is 28.3. The topological polar surface area (TPSA) is 18.5 Å². The zero-order valence-electron chi connectivity index (χ0n) is 11.0. The van der Waals surface area contributed by atoms with Gasteiger partial charge in [0.05, 0.1) is 0 Å².